The fraction of sp³-hybridized carbons (Fsp3) is 0.125. The Hall–Kier alpha value is -2.92. The van der Waals surface area contributed by atoms with Crippen LogP contribution < -0.4 is 9.72 Å². The van der Waals surface area contributed by atoms with E-state index in [4.69, 9.17) is 5.26 Å². The third-order valence-corrected chi connectivity index (χ3v) is 3.94. The molecule has 0 bridgehead atoms. The van der Waals surface area contributed by atoms with E-state index in [0.717, 1.165) is 4.47 Å². The number of carbonyl (C=O) groups excluding carboxylic acids is 1. The van der Waals surface area contributed by atoms with Gasteiger partial charge in [-0.2, -0.15) is 14.2 Å². The molecule has 0 radical (unpaired) electrons. The molecule has 3 aromatic heterocycles. The highest BCUT2D eigenvalue weighted by atomic mass is 79.9. The summed E-state index contributed by atoms with van der Waals surface area (Å²) in [4.78, 5) is 16.7. The number of aromatic hydroxyl groups is 1. The number of pyridine rings is 2. The molecule has 3 aromatic rings. The molecule has 0 saturated carbocycles. The molecule has 8 heteroatoms. The average Bonchev–Trinajstić information content (AvgIpc) is 2.84. The molecule has 0 aliphatic rings. The van der Waals surface area contributed by atoms with Crippen LogP contribution in [0.3, 0.4) is 0 Å². The number of nitrogens with zero attached hydrogens (tertiary/aromatic N) is 4. The number of carbonyl (C=O) groups is 1. The summed E-state index contributed by atoms with van der Waals surface area (Å²) in [6.07, 6.45) is 3.46. The van der Waals surface area contributed by atoms with Crippen LogP contribution in [0.15, 0.2) is 47.2 Å². The van der Waals surface area contributed by atoms with Gasteiger partial charge in [-0.25, -0.2) is 4.98 Å². The Labute approximate surface area is 145 Å². The molecule has 1 amide bonds. The summed E-state index contributed by atoms with van der Waals surface area (Å²) in [6.45, 7) is 0.290. The molecule has 0 unspecified atom stereocenters. The van der Waals surface area contributed by atoms with Crippen molar-refractivity contribution in [1.82, 2.24) is 9.55 Å². The first-order valence-corrected chi connectivity index (χ1v) is 7.93. The second-order valence-electron chi connectivity index (χ2n) is 4.97. The van der Waals surface area contributed by atoms with Gasteiger partial charge in [0, 0.05) is 16.7 Å². The molecular weight excluding hydrogens is 374 g/mol. The molecule has 0 aliphatic carbocycles. The van der Waals surface area contributed by atoms with Gasteiger partial charge in [-0.3, -0.25) is 4.79 Å². The predicted molar refractivity (Wildman–Crippen MR) is 89.4 cm³/mol. The summed E-state index contributed by atoms with van der Waals surface area (Å²) < 4.78 is 3.90. The number of aromatic nitrogens is 3. The predicted octanol–water partition coefficient (Wildman–Crippen LogP) is 2.26. The Bertz CT molecular complexity index is 961. The van der Waals surface area contributed by atoms with E-state index in [1.807, 2.05) is 6.07 Å². The quantitative estimate of drug-likeness (QED) is 0.672. The number of hydrogen-bond acceptors (Lipinski definition) is 4. The fourth-order valence-corrected chi connectivity index (χ4v) is 2.76. The van der Waals surface area contributed by atoms with Crippen molar-refractivity contribution in [1.29, 1.82) is 5.26 Å². The summed E-state index contributed by atoms with van der Waals surface area (Å²) >= 11 is 3.31. The average molecular weight is 387 g/mol. The Balaban J connectivity index is 2.04. The molecule has 0 fully saturated rings. The van der Waals surface area contributed by atoms with Gasteiger partial charge in [0.15, 0.2) is 0 Å². The first-order chi connectivity index (χ1) is 11.6. The van der Waals surface area contributed by atoms with Crippen LogP contribution in [0.4, 0.5) is 5.82 Å². The lowest BCUT2D eigenvalue weighted by atomic mass is 10.3. The van der Waals surface area contributed by atoms with E-state index in [0.29, 0.717) is 11.5 Å². The molecule has 0 atom stereocenters. The van der Waals surface area contributed by atoms with Crippen LogP contribution in [0.2, 0.25) is 0 Å². The largest absolute Gasteiger partial charge is 0.475 e. The third kappa shape index (κ3) is 2.94. The molecule has 3 rings (SSSR count). The highest BCUT2D eigenvalue weighted by Crippen LogP contribution is 2.21. The van der Waals surface area contributed by atoms with Crippen LogP contribution in [0, 0.1) is 11.3 Å². The monoisotopic (exact) mass is 386 g/mol. The zero-order valence-corrected chi connectivity index (χ0v) is 14.1. The van der Waals surface area contributed by atoms with E-state index >= 15 is 0 Å². The number of hydrogen-bond donors (Lipinski definition) is 2. The second kappa shape index (κ2) is 6.68. The standard InChI is InChI=1S/C16H12BrN5O2/c17-11-5-7-19-12(10-11)20-15(23)14-16(24)22(9-3-6-18)13-4-1-2-8-21(13)14/h1-2,4-5,7-8,10H,3,9H2,(H-,19,20,23,24)/p+1. The molecule has 3 heterocycles. The first-order valence-electron chi connectivity index (χ1n) is 7.13. The lowest BCUT2D eigenvalue weighted by molar-refractivity contribution is -0.513. The van der Waals surface area contributed by atoms with E-state index in [1.54, 1.807) is 47.1 Å². The van der Waals surface area contributed by atoms with E-state index in [9.17, 15) is 9.90 Å². The minimum absolute atomic E-state index is 0.0883. The number of imidazole rings is 1. The second-order valence-corrected chi connectivity index (χ2v) is 5.89. The highest BCUT2D eigenvalue weighted by molar-refractivity contribution is 9.10. The third-order valence-electron chi connectivity index (χ3n) is 3.45. The van der Waals surface area contributed by atoms with Crippen molar-refractivity contribution < 1.29 is 14.3 Å². The van der Waals surface area contributed by atoms with Crippen molar-refractivity contribution in [3.63, 3.8) is 0 Å². The molecule has 0 saturated heterocycles. The fourth-order valence-electron chi connectivity index (χ4n) is 2.43. The zero-order chi connectivity index (χ0) is 17.1. The number of nitriles is 1. The van der Waals surface area contributed by atoms with Gasteiger partial charge < -0.3 is 10.4 Å². The van der Waals surface area contributed by atoms with Crippen LogP contribution in [0.25, 0.3) is 5.65 Å². The molecule has 24 heavy (non-hydrogen) atoms. The molecule has 120 valence electrons. The maximum atomic E-state index is 12.6. The number of anilines is 1. The Morgan fingerprint density at radius 2 is 2.29 bits per heavy atom. The maximum absolute atomic E-state index is 12.6. The van der Waals surface area contributed by atoms with E-state index in [1.165, 1.54) is 4.57 Å². The number of rotatable bonds is 4. The van der Waals surface area contributed by atoms with Gasteiger partial charge in [-0.15, -0.1) is 0 Å². The van der Waals surface area contributed by atoms with Crippen LogP contribution >= 0.6 is 15.9 Å². The van der Waals surface area contributed by atoms with Crippen molar-refractivity contribution in [2.75, 3.05) is 5.32 Å². The van der Waals surface area contributed by atoms with Gasteiger partial charge in [0.25, 0.3) is 11.3 Å². The minimum atomic E-state index is -0.491. The summed E-state index contributed by atoms with van der Waals surface area (Å²) in [5.41, 5.74) is 0.711. The Morgan fingerprint density at radius 1 is 1.46 bits per heavy atom. The maximum Gasteiger partial charge on any atom is 0.337 e. The van der Waals surface area contributed by atoms with Gasteiger partial charge in [-0.1, -0.05) is 22.0 Å². The van der Waals surface area contributed by atoms with E-state index in [-0.39, 0.29) is 24.5 Å². The number of halogens is 1. The smallest absolute Gasteiger partial charge is 0.337 e. The van der Waals surface area contributed by atoms with Gasteiger partial charge >= 0.3 is 11.8 Å². The van der Waals surface area contributed by atoms with Crippen molar-refractivity contribution in [3.05, 3.63) is 52.9 Å². The van der Waals surface area contributed by atoms with E-state index in [2.05, 4.69) is 26.2 Å². The molecule has 2 N–H and O–H groups in total. The van der Waals surface area contributed by atoms with Crippen molar-refractivity contribution in [2.45, 2.75) is 13.0 Å². The number of amides is 1. The number of nitrogens with one attached hydrogen (secondary N) is 1. The molecule has 0 aliphatic heterocycles. The van der Waals surface area contributed by atoms with Crippen LogP contribution in [-0.4, -0.2) is 20.6 Å². The van der Waals surface area contributed by atoms with Gasteiger partial charge in [0.2, 0.25) is 0 Å². The van der Waals surface area contributed by atoms with Crippen LogP contribution in [0.5, 0.6) is 5.88 Å². The number of fused-ring (bicyclic) bond motifs is 1. The molecule has 0 spiro atoms. The molecule has 7 nitrogen and oxygen atoms in total. The van der Waals surface area contributed by atoms with E-state index < -0.39 is 5.91 Å². The van der Waals surface area contributed by atoms with Crippen molar-refractivity contribution >= 4 is 33.3 Å². The molecule has 0 aromatic carbocycles. The summed E-state index contributed by atoms with van der Waals surface area (Å²) in [5.74, 6) is -0.317. The normalized spacial score (nSPS) is 10.5. The van der Waals surface area contributed by atoms with Crippen LogP contribution in [-0.2, 0) is 6.54 Å². The number of aryl methyl sites for hydroxylation is 1. The summed E-state index contributed by atoms with van der Waals surface area (Å²) in [5, 5.41) is 21.9. The van der Waals surface area contributed by atoms with Gasteiger partial charge in [0.05, 0.1) is 18.7 Å². The van der Waals surface area contributed by atoms with Gasteiger partial charge in [0.1, 0.15) is 12.4 Å². The summed E-state index contributed by atoms with van der Waals surface area (Å²) in [7, 11) is 0. The van der Waals surface area contributed by atoms with Crippen molar-refractivity contribution in [2.24, 2.45) is 0 Å². The topological polar surface area (TPSA) is 95.0 Å². The Kier molecular flexibility index (Phi) is 4.44. The van der Waals surface area contributed by atoms with Crippen molar-refractivity contribution in [3.8, 4) is 11.9 Å². The zero-order valence-electron chi connectivity index (χ0n) is 12.5. The minimum Gasteiger partial charge on any atom is -0.475 e. The Morgan fingerprint density at radius 3 is 3.04 bits per heavy atom. The first kappa shape index (κ1) is 16.0. The van der Waals surface area contributed by atoms with Crippen LogP contribution in [0.1, 0.15) is 16.9 Å². The summed E-state index contributed by atoms with van der Waals surface area (Å²) in [6, 6.07) is 10.8. The van der Waals surface area contributed by atoms with Gasteiger partial charge in [-0.05, 0) is 18.2 Å². The molecular formula is C16H13BrN5O2+. The lowest BCUT2D eigenvalue weighted by Crippen LogP contribution is -2.30. The SMILES string of the molecule is N#CCCn1c(O)c(C(=O)Nc2cc(Br)ccn2)[n+]2ccccc12. The highest BCUT2D eigenvalue weighted by Gasteiger charge is 2.30. The lowest BCUT2D eigenvalue weighted by Gasteiger charge is -2.02.